The highest BCUT2D eigenvalue weighted by molar-refractivity contribution is 7.92. The minimum Gasteiger partial charge on any atom is -0.490 e. The van der Waals surface area contributed by atoms with Crippen LogP contribution in [0.5, 0.6) is 5.75 Å². The fourth-order valence-electron chi connectivity index (χ4n) is 4.84. The maximum atomic E-state index is 15.2. The summed E-state index contributed by atoms with van der Waals surface area (Å²) in [6.45, 7) is 0.795. The van der Waals surface area contributed by atoms with E-state index in [0.717, 1.165) is 12.1 Å². The van der Waals surface area contributed by atoms with Crippen LogP contribution in [0.4, 0.5) is 17.6 Å². The van der Waals surface area contributed by atoms with Crippen LogP contribution in [-0.2, 0) is 29.2 Å². The van der Waals surface area contributed by atoms with Crippen molar-refractivity contribution in [1.82, 2.24) is 0 Å². The minimum atomic E-state index is -4.77. The number of benzene rings is 2. The van der Waals surface area contributed by atoms with Gasteiger partial charge in [0.25, 0.3) is 0 Å². The molecule has 0 radical (unpaired) electrons. The van der Waals surface area contributed by atoms with Crippen LogP contribution in [0.1, 0.15) is 25.3 Å². The fourth-order valence-corrected chi connectivity index (χ4v) is 8.11. The van der Waals surface area contributed by atoms with Crippen LogP contribution in [0.15, 0.2) is 35.2 Å². The molecule has 0 bridgehead atoms. The van der Waals surface area contributed by atoms with Crippen molar-refractivity contribution < 1.29 is 43.9 Å². The van der Waals surface area contributed by atoms with Crippen molar-refractivity contribution in [1.29, 1.82) is 0 Å². The van der Waals surface area contributed by atoms with Crippen molar-refractivity contribution in [3.63, 3.8) is 0 Å². The molecule has 0 saturated carbocycles. The lowest BCUT2D eigenvalue weighted by Gasteiger charge is -2.50. The normalized spacial score (nSPS) is 24.7. The van der Waals surface area contributed by atoms with E-state index < -0.39 is 82.5 Å². The summed E-state index contributed by atoms with van der Waals surface area (Å²) in [6, 6.07) is 3.27. The second-order valence-electron chi connectivity index (χ2n) is 8.33. The minimum absolute atomic E-state index is 0.120. The molecule has 0 aromatic heterocycles. The summed E-state index contributed by atoms with van der Waals surface area (Å²) in [6.07, 6.45) is -1.49. The Balaban J connectivity index is 1.95. The van der Waals surface area contributed by atoms with Crippen LogP contribution < -0.4 is 4.74 Å². The molecule has 12 heteroatoms. The molecule has 1 saturated heterocycles. The first-order valence-corrected chi connectivity index (χ1v) is 13.9. The second kappa shape index (κ2) is 8.80. The van der Waals surface area contributed by atoms with Crippen molar-refractivity contribution in [3.05, 3.63) is 59.2 Å². The van der Waals surface area contributed by atoms with Crippen molar-refractivity contribution in [2.45, 2.75) is 35.5 Å². The first-order valence-electron chi connectivity index (χ1n) is 10.6. The monoisotopic (exact) mass is 522 g/mol. The average molecular weight is 523 g/mol. The molecule has 6 nitrogen and oxygen atoms in total. The average Bonchev–Trinajstić information content (AvgIpc) is 2.78. The van der Waals surface area contributed by atoms with Gasteiger partial charge in [-0.05, 0) is 37.1 Å². The molecule has 1 fully saturated rings. The van der Waals surface area contributed by atoms with Gasteiger partial charge < -0.3 is 9.47 Å². The van der Waals surface area contributed by atoms with Gasteiger partial charge in [0.15, 0.2) is 21.4 Å². The van der Waals surface area contributed by atoms with Crippen molar-refractivity contribution in [2.24, 2.45) is 5.92 Å². The number of rotatable bonds is 6. The van der Waals surface area contributed by atoms with Gasteiger partial charge in [-0.15, -0.1) is 0 Å². The third-order valence-corrected chi connectivity index (χ3v) is 10.8. The molecular formula is C22H22F4O6S2. The van der Waals surface area contributed by atoms with Crippen LogP contribution in [0.25, 0.3) is 0 Å². The highest BCUT2D eigenvalue weighted by atomic mass is 32.2. The lowest BCUT2D eigenvalue weighted by atomic mass is 9.75. The highest BCUT2D eigenvalue weighted by Crippen LogP contribution is 2.56. The summed E-state index contributed by atoms with van der Waals surface area (Å²) in [5.74, 6) is -6.61. The molecule has 0 amide bonds. The molecule has 186 valence electrons. The topological polar surface area (TPSA) is 86.7 Å². The summed E-state index contributed by atoms with van der Waals surface area (Å²) in [4.78, 5) is -0.742. The van der Waals surface area contributed by atoms with Gasteiger partial charge in [0, 0.05) is 24.3 Å². The number of fused-ring (bicyclic) bond motifs is 3. The molecule has 3 atom stereocenters. The molecule has 2 aromatic rings. The van der Waals surface area contributed by atoms with Gasteiger partial charge in [0.05, 0.1) is 28.9 Å². The predicted octanol–water partition coefficient (Wildman–Crippen LogP) is 3.53. The first kappa shape index (κ1) is 24.9. The molecule has 2 aliphatic rings. The maximum Gasteiger partial charge on any atom is 0.189 e. The van der Waals surface area contributed by atoms with Crippen LogP contribution in [0, 0.1) is 29.2 Å². The SMILES string of the molecule is CCS(=O)(=O)CC[C@@H]1OCC[C@@]2(S(=O)(=O)c3cc(F)cc(F)c3)c3c(F)ccc(F)c3OC[C@@H]12. The summed E-state index contributed by atoms with van der Waals surface area (Å²) >= 11 is 0. The van der Waals surface area contributed by atoms with Crippen LogP contribution in [-0.4, -0.2) is 47.7 Å². The zero-order valence-corrected chi connectivity index (χ0v) is 19.7. The van der Waals surface area contributed by atoms with Crippen LogP contribution in [0.3, 0.4) is 0 Å². The maximum absolute atomic E-state index is 15.2. The summed E-state index contributed by atoms with van der Waals surface area (Å²) in [5.41, 5.74) is -0.583. The molecule has 4 rings (SSSR count). The van der Waals surface area contributed by atoms with Crippen molar-refractivity contribution in [2.75, 3.05) is 24.7 Å². The summed E-state index contributed by atoms with van der Waals surface area (Å²) < 4.78 is 119. The van der Waals surface area contributed by atoms with Gasteiger partial charge in [-0.25, -0.2) is 34.4 Å². The van der Waals surface area contributed by atoms with Gasteiger partial charge in [0.2, 0.25) is 0 Å². The van der Waals surface area contributed by atoms with Gasteiger partial charge in [-0.3, -0.25) is 0 Å². The third-order valence-electron chi connectivity index (χ3n) is 6.52. The Morgan fingerprint density at radius 3 is 2.29 bits per heavy atom. The number of ether oxygens (including phenoxy) is 2. The van der Waals surface area contributed by atoms with E-state index in [2.05, 4.69) is 0 Å². The van der Waals surface area contributed by atoms with Crippen molar-refractivity contribution >= 4 is 19.7 Å². The van der Waals surface area contributed by atoms with E-state index >= 15 is 4.39 Å². The Hall–Kier alpha value is -2.18. The molecule has 2 aromatic carbocycles. The largest absolute Gasteiger partial charge is 0.490 e. The van der Waals surface area contributed by atoms with E-state index in [0.29, 0.717) is 18.2 Å². The zero-order chi connectivity index (χ0) is 24.9. The Labute approximate surface area is 194 Å². The number of halogens is 4. The molecule has 0 N–H and O–H groups in total. The van der Waals surface area contributed by atoms with Gasteiger partial charge in [-0.1, -0.05) is 6.92 Å². The number of sulfone groups is 2. The van der Waals surface area contributed by atoms with E-state index in [1.165, 1.54) is 6.92 Å². The Kier molecular flexibility index (Phi) is 6.45. The van der Waals surface area contributed by atoms with E-state index in [1.807, 2.05) is 0 Å². The zero-order valence-electron chi connectivity index (χ0n) is 18.1. The first-order chi connectivity index (χ1) is 15.9. The lowest BCUT2D eigenvalue weighted by molar-refractivity contribution is -0.0732. The van der Waals surface area contributed by atoms with Crippen molar-refractivity contribution in [3.8, 4) is 5.75 Å². The number of hydrogen-bond donors (Lipinski definition) is 0. The highest BCUT2D eigenvalue weighted by Gasteiger charge is 2.61. The number of hydrogen-bond acceptors (Lipinski definition) is 6. The van der Waals surface area contributed by atoms with Gasteiger partial charge >= 0.3 is 0 Å². The van der Waals surface area contributed by atoms with Crippen LogP contribution >= 0.6 is 0 Å². The summed E-state index contributed by atoms with van der Waals surface area (Å²) in [5, 5.41) is 0. The molecular weight excluding hydrogens is 500 g/mol. The predicted molar refractivity (Wildman–Crippen MR) is 114 cm³/mol. The fraction of sp³-hybridized carbons (Fsp3) is 0.455. The van der Waals surface area contributed by atoms with E-state index in [4.69, 9.17) is 9.47 Å². The molecule has 0 unspecified atom stereocenters. The van der Waals surface area contributed by atoms with E-state index in [1.54, 1.807) is 0 Å². The Morgan fingerprint density at radius 2 is 1.65 bits per heavy atom. The second-order valence-corrected chi connectivity index (χ2v) is 13.0. The molecule has 34 heavy (non-hydrogen) atoms. The summed E-state index contributed by atoms with van der Waals surface area (Å²) in [7, 11) is -8.22. The van der Waals surface area contributed by atoms with Gasteiger partial charge in [-0.2, -0.15) is 0 Å². The third kappa shape index (κ3) is 3.99. The Bertz CT molecular complexity index is 1310. The standard InChI is InChI=1S/C22H22F4O6S2/c1-2-33(27,28)8-5-19-16-12-32-21-18(26)4-3-17(25)20(21)22(16,6-7-31-19)34(29,30)15-10-13(23)9-14(24)11-15/h3-4,9-11,16,19H,2,5-8,12H2,1H3/t16-,19-,22-/m0/s1. The molecule has 0 spiro atoms. The van der Waals surface area contributed by atoms with Crippen LogP contribution in [0.2, 0.25) is 0 Å². The smallest absolute Gasteiger partial charge is 0.189 e. The van der Waals surface area contributed by atoms with E-state index in [-0.39, 0.29) is 31.0 Å². The Morgan fingerprint density at radius 1 is 1.00 bits per heavy atom. The lowest BCUT2D eigenvalue weighted by Crippen LogP contribution is -2.57. The van der Waals surface area contributed by atoms with E-state index in [9.17, 15) is 30.0 Å². The van der Waals surface area contributed by atoms with Gasteiger partial charge in [0.1, 0.15) is 32.0 Å². The molecule has 0 aliphatic carbocycles. The molecule has 2 aliphatic heterocycles. The molecule has 2 heterocycles. The quantitative estimate of drug-likeness (QED) is 0.540.